The van der Waals surface area contributed by atoms with Crippen molar-refractivity contribution in [3.05, 3.63) is 30.3 Å². The van der Waals surface area contributed by atoms with E-state index in [-0.39, 0.29) is 0 Å². The van der Waals surface area contributed by atoms with Crippen LogP contribution >= 0.6 is 23.2 Å². The highest BCUT2D eigenvalue weighted by molar-refractivity contribution is 6.57. The molecule has 3 nitrogen and oxygen atoms in total. The molecule has 1 rings (SSSR count). The largest absolute Gasteiger partial charge is 0.455 e. The minimum atomic E-state index is -1.56. The van der Waals surface area contributed by atoms with Crippen molar-refractivity contribution < 1.29 is 14.3 Å². The standard InChI is InChI=1S/C11H12Cl2O3/c1-8(16-10(14)11(2,12)13)15-9-6-4-3-5-7-9/h3-8H,1-2H3. The number of para-hydroxylation sites is 1. The Morgan fingerprint density at radius 3 is 2.38 bits per heavy atom. The zero-order chi connectivity index (χ0) is 12.2. The Kier molecular flexibility index (Phi) is 4.44. The van der Waals surface area contributed by atoms with Crippen molar-refractivity contribution in [1.82, 2.24) is 0 Å². The first-order valence-corrected chi connectivity index (χ1v) is 5.46. The molecule has 0 amide bonds. The molecule has 0 aromatic heterocycles. The maximum atomic E-state index is 11.3. The topological polar surface area (TPSA) is 35.5 Å². The quantitative estimate of drug-likeness (QED) is 0.475. The van der Waals surface area contributed by atoms with Crippen molar-refractivity contribution in [3.63, 3.8) is 0 Å². The molecule has 0 aliphatic rings. The smallest absolute Gasteiger partial charge is 0.345 e. The van der Waals surface area contributed by atoms with Gasteiger partial charge in [0.15, 0.2) is 0 Å². The molecule has 0 heterocycles. The number of hydrogen-bond acceptors (Lipinski definition) is 3. The van der Waals surface area contributed by atoms with Gasteiger partial charge in [-0.15, -0.1) is 0 Å². The Balaban J connectivity index is 2.49. The lowest BCUT2D eigenvalue weighted by Crippen LogP contribution is -2.30. The van der Waals surface area contributed by atoms with Gasteiger partial charge in [0.1, 0.15) is 5.75 Å². The van der Waals surface area contributed by atoms with Crippen molar-refractivity contribution in [2.45, 2.75) is 24.5 Å². The van der Waals surface area contributed by atoms with Gasteiger partial charge >= 0.3 is 5.97 Å². The fraction of sp³-hybridized carbons (Fsp3) is 0.364. The Bertz CT molecular complexity index is 346. The second kappa shape index (κ2) is 5.41. The number of carbonyl (C=O) groups is 1. The molecule has 1 atom stereocenters. The number of esters is 1. The van der Waals surface area contributed by atoms with Crippen molar-refractivity contribution >= 4 is 29.2 Å². The molecule has 0 saturated heterocycles. The van der Waals surface area contributed by atoms with E-state index in [0.29, 0.717) is 5.75 Å². The third-order valence-corrected chi connectivity index (χ3v) is 1.99. The maximum Gasteiger partial charge on any atom is 0.345 e. The number of ether oxygens (including phenoxy) is 2. The normalized spacial score (nSPS) is 13.0. The molecular weight excluding hydrogens is 251 g/mol. The van der Waals surface area contributed by atoms with E-state index < -0.39 is 16.6 Å². The summed E-state index contributed by atoms with van der Waals surface area (Å²) in [6, 6.07) is 9.00. The summed E-state index contributed by atoms with van der Waals surface area (Å²) in [5.41, 5.74) is 0. The number of carbonyl (C=O) groups excluding carboxylic acids is 1. The van der Waals surface area contributed by atoms with Gasteiger partial charge in [0.05, 0.1) is 0 Å². The molecule has 88 valence electrons. The van der Waals surface area contributed by atoms with E-state index in [4.69, 9.17) is 32.7 Å². The monoisotopic (exact) mass is 262 g/mol. The zero-order valence-corrected chi connectivity index (χ0v) is 10.5. The summed E-state index contributed by atoms with van der Waals surface area (Å²) in [5, 5.41) is 0. The predicted molar refractivity (Wildman–Crippen MR) is 62.7 cm³/mol. The van der Waals surface area contributed by atoms with Crippen molar-refractivity contribution in [3.8, 4) is 5.75 Å². The highest BCUT2D eigenvalue weighted by Crippen LogP contribution is 2.22. The SMILES string of the molecule is CC(OC(=O)C(C)(Cl)Cl)Oc1ccccc1. The number of halogens is 2. The summed E-state index contributed by atoms with van der Waals surface area (Å²) < 4.78 is 8.65. The Morgan fingerprint density at radius 1 is 1.31 bits per heavy atom. The third kappa shape index (κ3) is 4.29. The molecule has 5 heteroatoms. The maximum absolute atomic E-state index is 11.3. The summed E-state index contributed by atoms with van der Waals surface area (Å²) in [6.45, 7) is 2.93. The molecule has 0 radical (unpaired) electrons. The molecule has 0 bridgehead atoms. The molecular formula is C11H12Cl2O3. The number of hydrogen-bond donors (Lipinski definition) is 0. The van der Waals surface area contributed by atoms with Crippen LogP contribution in [0.5, 0.6) is 5.75 Å². The van der Waals surface area contributed by atoms with E-state index in [0.717, 1.165) is 0 Å². The van der Waals surface area contributed by atoms with Gasteiger partial charge in [-0.1, -0.05) is 41.4 Å². The van der Waals surface area contributed by atoms with Gasteiger partial charge in [-0.3, -0.25) is 0 Å². The van der Waals surface area contributed by atoms with Crippen LogP contribution in [0, 0.1) is 0 Å². The zero-order valence-electron chi connectivity index (χ0n) is 8.94. The number of alkyl halides is 2. The minimum Gasteiger partial charge on any atom is -0.455 e. The van der Waals surface area contributed by atoms with Gasteiger partial charge < -0.3 is 9.47 Å². The summed E-state index contributed by atoms with van der Waals surface area (Å²) >= 11 is 11.1. The highest BCUT2D eigenvalue weighted by Gasteiger charge is 2.31. The molecule has 1 aromatic carbocycles. The molecule has 0 spiro atoms. The highest BCUT2D eigenvalue weighted by atomic mass is 35.5. The molecule has 1 unspecified atom stereocenters. The molecule has 0 N–H and O–H groups in total. The fourth-order valence-corrected chi connectivity index (χ4v) is 1.06. The lowest BCUT2D eigenvalue weighted by atomic mass is 10.3. The van der Waals surface area contributed by atoms with Crippen molar-refractivity contribution in [2.75, 3.05) is 0 Å². The number of benzene rings is 1. The Labute approximate surface area is 104 Å². The van der Waals surface area contributed by atoms with Crippen LogP contribution in [0.25, 0.3) is 0 Å². The van der Waals surface area contributed by atoms with Crippen LogP contribution in [-0.4, -0.2) is 16.6 Å². The molecule has 0 fully saturated rings. The first kappa shape index (κ1) is 13.1. The van der Waals surface area contributed by atoms with Gasteiger partial charge in [-0.2, -0.15) is 0 Å². The van der Waals surface area contributed by atoms with Crippen LogP contribution in [0.4, 0.5) is 0 Å². The summed E-state index contributed by atoms with van der Waals surface area (Å²) in [5.74, 6) is -0.132. The van der Waals surface area contributed by atoms with Crippen LogP contribution in [0.1, 0.15) is 13.8 Å². The van der Waals surface area contributed by atoms with Crippen molar-refractivity contribution in [1.29, 1.82) is 0 Å². The molecule has 1 aromatic rings. The average Bonchev–Trinajstić information content (AvgIpc) is 2.17. The van der Waals surface area contributed by atoms with Gasteiger partial charge in [-0.05, 0) is 19.1 Å². The number of rotatable bonds is 4. The predicted octanol–water partition coefficient (Wildman–Crippen LogP) is 3.15. The third-order valence-electron chi connectivity index (χ3n) is 1.68. The average molecular weight is 263 g/mol. The van der Waals surface area contributed by atoms with Crippen LogP contribution in [0.15, 0.2) is 30.3 Å². The Morgan fingerprint density at radius 2 is 1.88 bits per heavy atom. The van der Waals surface area contributed by atoms with Gasteiger partial charge in [-0.25, -0.2) is 4.79 Å². The van der Waals surface area contributed by atoms with Crippen LogP contribution < -0.4 is 4.74 Å². The van der Waals surface area contributed by atoms with E-state index in [1.807, 2.05) is 18.2 Å². The summed E-state index contributed by atoms with van der Waals surface area (Å²) in [4.78, 5) is 11.3. The van der Waals surface area contributed by atoms with Crippen LogP contribution in [-0.2, 0) is 9.53 Å². The van der Waals surface area contributed by atoms with Crippen LogP contribution in [0.3, 0.4) is 0 Å². The first-order valence-electron chi connectivity index (χ1n) is 4.70. The Hall–Kier alpha value is -0.930. The van der Waals surface area contributed by atoms with Crippen molar-refractivity contribution in [2.24, 2.45) is 0 Å². The molecule has 16 heavy (non-hydrogen) atoms. The van der Waals surface area contributed by atoms with E-state index >= 15 is 0 Å². The van der Waals surface area contributed by atoms with Gasteiger partial charge in [0, 0.05) is 6.92 Å². The van der Waals surface area contributed by atoms with E-state index in [2.05, 4.69) is 0 Å². The molecule has 0 saturated carbocycles. The first-order chi connectivity index (χ1) is 7.39. The van der Waals surface area contributed by atoms with Crippen LogP contribution in [0.2, 0.25) is 0 Å². The molecule has 0 aliphatic heterocycles. The fourth-order valence-electron chi connectivity index (χ4n) is 0.969. The van der Waals surface area contributed by atoms with E-state index in [1.54, 1.807) is 19.1 Å². The summed E-state index contributed by atoms with van der Waals surface area (Å²) in [6.07, 6.45) is -0.744. The lowest BCUT2D eigenvalue weighted by Gasteiger charge is -2.18. The van der Waals surface area contributed by atoms with E-state index in [1.165, 1.54) is 6.92 Å². The second-order valence-electron chi connectivity index (χ2n) is 3.29. The second-order valence-corrected chi connectivity index (χ2v) is 5.00. The van der Waals surface area contributed by atoms with Gasteiger partial charge in [0.25, 0.3) is 0 Å². The minimum absolute atomic E-state index is 0.605. The molecule has 0 aliphatic carbocycles. The van der Waals surface area contributed by atoms with Gasteiger partial charge in [0.2, 0.25) is 10.6 Å². The lowest BCUT2D eigenvalue weighted by molar-refractivity contribution is -0.161. The summed E-state index contributed by atoms with van der Waals surface area (Å²) in [7, 11) is 0. The van der Waals surface area contributed by atoms with E-state index in [9.17, 15) is 4.79 Å².